The van der Waals surface area contributed by atoms with Crippen LogP contribution in [0.3, 0.4) is 0 Å². The topological polar surface area (TPSA) is 101 Å². The number of allylic oxidation sites excluding steroid dienone is 3. The second-order valence-corrected chi connectivity index (χ2v) is 10.4. The van der Waals surface area contributed by atoms with E-state index in [0.29, 0.717) is 12.2 Å². The van der Waals surface area contributed by atoms with Crippen LogP contribution in [0.4, 0.5) is 0 Å². The molecule has 1 heterocycles. The number of aliphatic hydroxyl groups excluding tert-OH is 1. The molecule has 1 aromatic heterocycles. The fourth-order valence-corrected chi connectivity index (χ4v) is 3.94. The smallest absolute Gasteiger partial charge is 0.283 e. The van der Waals surface area contributed by atoms with Crippen molar-refractivity contribution in [3.05, 3.63) is 87.8 Å². The van der Waals surface area contributed by atoms with E-state index in [1.165, 1.54) is 0 Å². The molecule has 1 amide bonds. The van der Waals surface area contributed by atoms with Gasteiger partial charge in [-0.15, -0.1) is 0 Å². The SMILES string of the molecule is C=C/C(O)=C\C=C\S(=O)(=O)NC(=O)c1cc(C(C)(C)C)nn1Cc1c(C)cc(C)cc1C. The van der Waals surface area contributed by atoms with Gasteiger partial charge in [-0.2, -0.15) is 5.10 Å². The molecule has 32 heavy (non-hydrogen) atoms. The van der Waals surface area contributed by atoms with Crippen molar-refractivity contribution in [1.82, 2.24) is 14.5 Å². The Balaban J connectivity index is 2.43. The first-order valence-electron chi connectivity index (χ1n) is 10.2. The number of aromatic nitrogens is 2. The van der Waals surface area contributed by atoms with Crippen molar-refractivity contribution < 1.29 is 18.3 Å². The summed E-state index contributed by atoms with van der Waals surface area (Å²) in [7, 11) is -4.08. The average molecular weight is 458 g/mol. The van der Waals surface area contributed by atoms with Crippen LogP contribution in [0.15, 0.2) is 54.2 Å². The molecule has 0 fully saturated rings. The van der Waals surface area contributed by atoms with Gasteiger partial charge in [0, 0.05) is 5.41 Å². The second kappa shape index (κ2) is 9.56. The number of rotatable bonds is 7. The van der Waals surface area contributed by atoms with Gasteiger partial charge in [-0.1, -0.05) is 45.0 Å². The molecule has 0 aliphatic rings. The van der Waals surface area contributed by atoms with Crippen molar-refractivity contribution in [1.29, 1.82) is 0 Å². The van der Waals surface area contributed by atoms with Crippen molar-refractivity contribution in [2.75, 3.05) is 0 Å². The lowest BCUT2D eigenvalue weighted by Gasteiger charge is -2.15. The highest BCUT2D eigenvalue weighted by Crippen LogP contribution is 2.24. The van der Waals surface area contributed by atoms with E-state index in [2.05, 4.69) is 23.8 Å². The Labute approximate surface area is 190 Å². The molecule has 0 aliphatic carbocycles. The van der Waals surface area contributed by atoms with Gasteiger partial charge in [0.1, 0.15) is 11.5 Å². The van der Waals surface area contributed by atoms with Crippen molar-refractivity contribution >= 4 is 15.9 Å². The molecule has 1 aromatic carbocycles. The maximum atomic E-state index is 12.9. The summed E-state index contributed by atoms with van der Waals surface area (Å²) in [5.41, 5.74) is 4.82. The first-order chi connectivity index (χ1) is 14.7. The molecule has 7 nitrogen and oxygen atoms in total. The lowest BCUT2D eigenvalue weighted by Crippen LogP contribution is -2.31. The number of benzene rings is 1. The van der Waals surface area contributed by atoms with E-state index in [0.717, 1.165) is 45.9 Å². The third-order valence-corrected chi connectivity index (χ3v) is 5.88. The van der Waals surface area contributed by atoms with Crippen LogP contribution in [-0.4, -0.2) is 29.2 Å². The van der Waals surface area contributed by atoms with E-state index in [-0.39, 0.29) is 16.9 Å². The predicted molar refractivity (Wildman–Crippen MR) is 127 cm³/mol. The lowest BCUT2D eigenvalue weighted by molar-refractivity contribution is 0.0972. The van der Waals surface area contributed by atoms with Gasteiger partial charge in [0.05, 0.1) is 17.6 Å². The Hall–Kier alpha value is -3.13. The zero-order valence-corrected chi connectivity index (χ0v) is 20.2. The van der Waals surface area contributed by atoms with Crippen LogP contribution in [-0.2, 0) is 22.0 Å². The van der Waals surface area contributed by atoms with Crippen LogP contribution in [0.25, 0.3) is 0 Å². The molecule has 2 rings (SSSR count). The molecule has 172 valence electrons. The Morgan fingerprint density at radius 3 is 2.31 bits per heavy atom. The summed E-state index contributed by atoms with van der Waals surface area (Å²) in [5, 5.41) is 14.7. The molecular weight excluding hydrogens is 426 g/mol. The molecule has 0 bridgehead atoms. The van der Waals surface area contributed by atoms with E-state index in [1.54, 1.807) is 10.7 Å². The van der Waals surface area contributed by atoms with Crippen LogP contribution in [0.5, 0.6) is 0 Å². The summed E-state index contributed by atoms with van der Waals surface area (Å²) in [6.45, 7) is 15.7. The second-order valence-electron chi connectivity index (χ2n) is 8.80. The lowest BCUT2D eigenvalue weighted by atomic mass is 9.92. The van der Waals surface area contributed by atoms with E-state index in [4.69, 9.17) is 0 Å². The summed E-state index contributed by atoms with van der Waals surface area (Å²) in [5.74, 6) is -0.975. The minimum Gasteiger partial charge on any atom is -0.508 e. The van der Waals surface area contributed by atoms with Crippen LogP contribution in [0, 0.1) is 20.8 Å². The minimum atomic E-state index is -4.08. The van der Waals surface area contributed by atoms with Gasteiger partial charge in [0.2, 0.25) is 0 Å². The van der Waals surface area contributed by atoms with Gasteiger partial charge in [-0.05, 0) is 61.8 Å². The summed E-state index contributed by atoms with van der Waals surface area (Å²) < 4.78 is 28.2. The summed E-state index contributed by atoms with van der Waals surface area (Å²) in [6.07, 6.45) is 3.43. The van der Waals surface area contributed by atoms with Crippen LogP contribution < -0.4 is 4.72 Å². The van der Waals surface area contributed by atoms with Crippen LogP contribution in [0.1, 0.15) is 59.2 Å². The van der Waals surface area contributed by atoms with Gasteiger partial charge in [-0.3, -0.25) is 9.48 Å². The number of hydrogen-bond donors (Lipinski definition) is 2. The predicted octanol–water partition coefficient (Wildman–Crippen LogP) is 4.36. The molecule has 0 unspecified atom stereocenters. The summed E-state index contributed by atoms with van der Waals surface area (Å²) in [6, 6.07) is 5.76. The highest BCUT2D eigenvalue weighted by molar-refractivity contribution is 7.92. The third-order valence-electron chi connectivity index (χ3n) is 4.90. The largest absolute Gasteiger partial charge is 0.508 e. The van der Waals surface area contributed by atoms with Crippen molar-refractivity contribution in [3.63, 3.8) is 0 Å². The number of nitrogens with zero attached hydrogens (tertiary/aromatic N) is 2. The number of amides is 1. The molecule has 0 spiro atoms. The fraction of sp³-hybridized carbons (Fsp3) is 0.333. The molecule has 0 atom stereocenters. The molecule has 0 aliphatic heterocycles. The number of aliphatic hydroxyl groups is 1. The quantitative estimate of drug-likeness (QED) is 0.475. The minimum absolute atomic E-state index is 0.149. The van der Waals surface area contributed by atoms with Gasteiger partial charge >= 0.3 is 0 Å². The highest BCUT2D eigenvalue weighted by Gasteiger charge is 2.25. The Morgan fingerprint density at radius 1 is 1.19 bits per heavy atom. The number of sulfonamides is 1. The molecule has 2 N–H and O–H groups in total. The van der Waals surface area contributed by atoms with Crippen LogP contribution in [0.2, 0.25) is 0 Å². The van der Waals surface area contributed by atoms with Gasteiger partial charge in [0.15, 0.2) is 0 Å². The normalized spacial score (nSPS) is 12.9. The third kappa shape index (κ3) is 6.43. The average Bonchev–Trinajstić information content (AvgIpc) is 3.08. The Morgan fingerprint density at radius 2 is 1.78 bits per heavy atom. The van der Waals surface area contributed by atoms with Gasteiger partial charge in [0.25, 0.3) is 15.9 Å². The first kappa shape index (κ1) is 25.1. The monoisotopic (exact) mass is 457 g/mol. The fourth-order valence-electron chi connectivity index (χ4n) is 3.22. The number of carbonyl (C=O) groups is 1. The Kier molecular flexibility index (Phi) is 7.51. The number of hydrogen-bond acceptors (Lipinski definition) is 5. The zero-order valence-electron chi connectivity index (χ0n) is 19.4. The van der Waals surface area contributed by atoms with E-state index < -0.39 is 15.9 Å². The molecular formula is C24H31N3O4S. The molecule has 8 heteroatoms. The molecule has 0 saturated heterocycles. The van der Waals surface area contributed by atoms with Crippen molar-refractivity contribution in [3.8, 4) is 0 Å². The van der Waals surface area contributed by atoms with E-state index in [1.807, 2.05) is 46.3 Å². The number of aryl methyl sites for hydroxylation is 3. The molecule has 0 radical (unpaired) electrons. The molecule has 2 aromatic rings. The summed E-state index contributed by atoms with van der Waals surface area (Å²) in [4.78, 5) is 12.9. The van der Waals surface area contributed by atoms with Gasteiger partial charge < -0.3 is 5.11 Å². The first-order valence-corrected chi connectivity index (χ1v) is 11.7. The maximum Gasteiger partial charge on any atom is 0.283 e. The standard InChI is InChI=1S/C24H31N3O4S/c1-8-19(28)10-9-11-32(30,31)26-23(29)21-14-22(24(5,6)7)25-27(21)15-20-17(3)12-16(2)13-18(20)4/h8-14,28H,1,15H2,2-7H3,(H,26,29)/b11-9+,19-10+. The zero-order chi connectivity index (χ0) is 24.3. The maximum absolute atomic E-state index is 12.9. The van der Waals surface area contributed by atoms with Crippen molar-refractivity contribution in [2.45, 2.75) is 53.5 Å². The number of carbonyl (C=O) groups excluding carboxylic acids is 1. The van der Waals surface area contributed by atoms with Gasteiger partial charge in [-0.25, -0.2) is 13.1 Å². The number of nitrogens with one attached hydrogen (secondary N) is 1. The summed E-state index contributed by atoms with van der Waals surface area (Å²) >= 11 is 0. The van der Waals surface area contributed by atoms with E-state index >= 15 is 0 Å². The Bertz CT molecular complexity index is 1170. The van der Waals surface area contributed by atoms with Crippen LogP contribution >= 0.6 is 0 Å². The van der Waals surface area contributed by atoms with Crippen molar-refractivity contribution in [2.24, 2.45) is 0 Å². The highest BCUT2D eigenvalue weighted by atomic mass is 32.2. The molecule has 0 saturated carbocycles. The van der Waals surface area contributed by atoms with E-state index in [9.17, 15) is 18.3 Å².